The van der Waals surface area contributed by atoms with E-state index in [9.17, 15) is 5.11 Å². The molecule has 0 fully saturated rings. The Hall–Kier alpha value is -1.52. The van der Waals surface area contributed by atoms with Crippen LogP contribution in [0, 0.1) is 6.92 Å². The van der Waals surface area contributed by atoms with E-state index in [0.29, 0.717) is 23.0 Å². The van der Waals surface area contributed by atoms with E-state index in [1.807, 2.05) is 18.3 Å². The highest BCUT2D eigenvalue weighted by molar-refractivity contribution is 14.0. The minimum atomic E-state index is -0.796. The van der Waals surface area contributed by atoms with Crippen LogP contribution in [0.3, 0.4) is 0 Å². The van der Waals surface area contributed by atoms with Gasteiger partial charge in [0.05, 0.1) is 20.8 Å². The fraction of sp³-hybridized carbons (Fsp3) is 0.476. The molecule has 0 saturated heterocycles. The summed E-state index contributed by atoms with van der Waals surface area (Å²) in [4.78, 5) is 7.22. The summed E-state index contributed by atoms with van der Waals surface area (Å²) >= 11 is 1.81. The van der Waals surface area contributed by atoms with Gasteiger partial charge in [0, 0.05) is 34.3 Å². The lowest BCUT2D eigenvalue weighted by Crippen LogP contribution is -2.43. The van der Waals surface area contributed by atoms with Crippen molar-refractivity contribution in [3.8, 4) is 11.5 Å². The summed E-state index contributed by atoms with van der Waals surface area (Å²) in [6.45, 7) is 7.22. The van der Waals surface area contributed by atoms with Gasteiger partial charge >= 0.3 is 0 Å². The number of aliphatic imine (C=N–C) groups is 1. The number of nitrogens with zero attached hydrogens (tertiary/aromatic N) is 1. The van der Waals surface area contributed by atoms with Gasteiger partial charge in [-0.05, 0) is 51.1 Å². The molecule has 0 spiro atoms. The summed E-state index contributed by atoms with van der Waals surface area (Å²) in [5, 5.41) is 17.3. The van der Waals surface area contributed by atoms with E-state index in [-0.39, 0.29) is 36.6 Å². The standard InChI is InChI=1S/C21H31N3O3S.HI/c1-6-22-21(24-14(2)11-17-9-7-15(3)28-17)23-13-19(25)18-12-16(26-4)8-10-20(18)27-5;/h7-10,12,14,19,25H,6,11,13H2,1-5H3,(H2,22,23,24);1H. The second-order valence-electron chi connectivity index (χ2n) is 6.61. The lowest BCUT2D eigenvalue weighted by molar-refractivity contribution is 0.182. The number of benzene rings is 1. The Morgan fingerprint density at radius 3 is 2.55 bits per heavy atom. The number of aryl methyl sites for hydroxylation is 1. The first-order valence-corrected chi connectivity index (χ1v) is 10.3. The molecule has 0 aliphatic carbocycles. The maximum atomic E-state index is 10.6. The summed E-state index contributed by atoms with van der Waals surface area (Å²) in [5.41, 5.74) is 0.656. The molecule has 29 heavy (non-hydrogen) atoms. The molecule has 2 aromatic rings. The number of ether oxygens (including phenoxy) is 2. The van der Waals surface area contributed by atoms with Gasteiger partial charge in [-0.25, -0.2) is 0 Å². The Morgan fingerprint density at radius 2 is 1.97 bits per heavy atom. The normalized spacial score (nSPS) is 13.2. The molecule has 8 heteroatoms. The Labute approximate surface area is 194 Å². The zero-order chi connectivity index (χ0) is 20.5. The van der Waals surface area contributed by atoms with E-state index in [4.69, 9.17) is 9.47 Å². The van der Waals surface area contributed by atoms with Crippen LogP contribution in [0.25, 0.3) is 0 Å². The molecule has 6 nitrogen and oxygen atoms in total. The maximum Gasteiger partial charge on any atom is 0.191 e. The smallest absolute Gasteiger partial charge is 0.191 e. The van der Waals surface area contributed by atoms with Gasteiger partial charge in [0.25, 0.3) is 0 Å². The van der Waals surface area contributed by atoms with Crippen LogP contribution in [0.2, 0.25) is 0 Å². The number of aliphatic hydroxyl groups excluding tert-OH is 1. The van der Waals surface area contributed by atoms with E-state index in [1.165, 1.54) is 9.75 Å². The van der Waals surface area contributed by atoms with Crippen molar-refractivity contribution in [1.82, 2.24) is 10.6 Å². The molecule has 0 radical (unpaired) electrons. The second-order valence-corrected chi connectivity index (χ2v) is 7.98. The highest BCUT2D eigenvalue weighted by atomic mass is 127. The summed E-state index contributed by atoms with van der Waals surface area (Å²) in [7, 11) is 3.18. The Morgan fingerprint density at radius 1 is 1.21 bits per heavy atom. The first kappa shape index (κ1) is 25.5. The van der Waals surface area contributed by atoms with Gasteiger partial charge in [-0.1, -0.05) is 0 Å². The van der Waals surface area contributed by atoms with Gasteiger partial charge in [0.15, 0.2) is 5.96 Å². The van der Waals surface area contributed by atoms with Crippen LogP contribution < -0.4 is 20.1 Å². The van der Waals surface area contributed by atoms with Crippen LogP contribution >= 0.6 is 35.3 Å². The average Bonchev–Trinajstić information content (AvgIpc) is 3.09. The molecule has 162 valence electrons. The molecule has 0 saturated carbocycles. The van der Waals surface area contributed by atoms with Crippen LogP contribution in [0.5, 0.6) is 11.5 Å². The molecule has 0 aliphatic rings. The van der Waals surface area contributed by atoms with Crippen LogP contribution in [0.1, 0.15) is 35.3 Å². The van der Waals surface area contributed by atoms with Gasteiger partial charge in [-0.3, -0.25) is 4.99 Å². The zero-order valence-corrected chi connectivity index (χ0v) is 20.8. The lowest BCUT2D eigenvalue weighted by atomic mass is 10.1. The summed E-state index contributed by atoms with van der Waals surface area (Å²) < 4.78 is 10.6. The van der Waals surface area contributed by atoms with Gasteiger partial charge in [-0.15, -0.1) is 35.3 Å². The number of rotatable bonds is 9. The summed E-state index contributed by atoms with van der Waals surface area (Å²) in [6, 6.07) is 9.90. The lowest BCUT2D eigenvalue weighted by Gasteiger charge is -2.19. The van der Waals surface area contributed by atoms with Crippen molar-refractivity contribution in [3.63, 3.8) is 0 Å². The number of methoxy groups -OCH3 is 2. The van der Waals surface area contributed by atoms with Crippen LogP contribution in [-0.2, 0) is 6.42 Å². The number of halogens is 1. The minimum absolute atomic E-state index is 0. The molecule has 1 heterocycles. The van der Waals surface area contributed by atoms with Crippen molar-refractivity contribution in [2.24, 2.45) is 4.99 Å². The maximum absolute atomic E-state index is 10.6. The summed E-state index contributed by atoms with van der Waals surface area (Å²) in [5.74, 6) is 1.97. The molecule has 1 aromatic heterocycles. The second kappa shape index (κ2) is 12.9. The molecule has 1 aromatic carbocycles. The molecule has 0 bridgehead atoms. The third-order valence-electron chi connectivity index (χ3n) is 4.25. The van der Waals surface area contributed by atoms with Crippen molar-refractivity contribution >= 4 is 41.3 Å². The van der Waals surface area contributed by atoms with E-state index in [2.05, 4.69) is 41.6 Å². The first-order valence-electron chi connectivity index (χ1n) is 9.47. The molecule has 0 aliphatic heterocycles. The minimum Gasteiger partial charge on any atom is -0.497 e. The highest BCUT2D eigenvalue weighted by Crippen LogP contribution is 2.29. The molecular formula is C21H32IN3O3S. The number of hydrogen-bond donors (Lipinski definition) is 3. The molecule has 3 N–H and O–H groups in total. The van der Waals surface area contributed by atoms with Crippen LogP contribution in [-0.4, -0.2) is 44.4 Å². The zero-order valence-electron chi connectivity index (χ0n) is 17.7. The molecule has 2 unspecified atom stereocenters. The number of nitrogens with one attached hydrogen (secondary N) is 2. The molecule has 2 atom stereocenters. The monoisotopic (exact) mass is 533 g/mol. The number of thiophene rings is 1. The topological polar surface area (TPSA) is 75.1 Å². The third kappa shape index (κ3) is 8.02. The third-order valence-corrected chi connectivity index (χ3v) is 5.27. The van der Waals surface area contributed by atoms with E-state index in [0.717, 1.165) is 13.0 Å². The number of aliphatic hydroxyl groups is 1. The van der Waals surface area contributed by atoms with Crippen LogP contribution in [0.15, 0.2) is 35.3 Å². The SMILES string of the molecule is CCNC(=NCC(O)c1cc(OC)ccc1OC)NC(C)Cc1ccc(C)s1.I. The van der Waals surface area contributed by atoms with E-state index >= 15 is 0 Å². The largest absolute Gasteiger partial charge is 0.497 e. The van der Waals surface area contributed by atoms with Crippen molar-refractivity contribution in [1.29, 1.82) is 0 Å². The predicted octanol–water partition coefficient (Wildman–Crippen LogP) is 3.91. The number of hydrogen-bond acceptors (Lipinski definition) is 5. The fourth-order valence-electron chi connectivity index (χ4n) is 2.88. The number of guanidine groups is 1. The van der Waals surface area contributed by atoms with Gasteiger partial charge in [0.2, 0.25) is 0 Å². The molecular weight excluding hydrogens is 501 g/mol. The summed E-state index contributed by atoms with van der Waals surface area (Å²) in [6.07, 6.45) is 0.130. The Balaban J connectivity index is 0.00000420. The van der Waals surface area contributed by atoms with E-state index < -0.39 is 6.10 Å². The average molecular weight is 533 g/mol. The fourth-order valence-corrected chi connectivity index (χ4v) is 3.90. The van der Waals surface area contributed by atoms with Crippen molar-refractivity contribution in [2.45, 2.75) is 39.3 Å². The highest BCUT2D eigenvalue weighted by Gasteiger charge is 2.15. The quantitative estimate of drug-likeness (QED) is 0.259. The van der Waals surface area contributed by atoms with Gasteiger partial charge < -0.3 is 25.2 Å². The molecule has 0 amide bonds. The van der Waals surface area contributed by atoms with Gasteiger partial charge in [0.1, 0.15) is 17.6 Å². The predicted molar refractivity (Wildman–Crippen MR) is 131 cm³/mol. The van der Waals surface area contributed by atoms with E-state index in [1.54, 1.807) is 32.4 Å². The van der Waals surface area contributed by atoms with Gasteiger partial charge in [-0.2, -0.15) is 0 Å². The van der Waals surface area contributed by atoms with Crippen LogP contribution in [0.4, 0.5) is 0 Å². The van der Waals surface area contributed by atoms with Crippen molar-refractivity contribution < 1.29 is 14.6 Å². The first-order chi connectivity index (χ1) is 13.5. The van der Waals surface area contributed by atoms with Crippen molar-refractivity contribution in [2.75, 3.05) is 27.3 Å². The Bertz CT molecular complexity index is 782. The van der Waals surface area contributed by atoms with Crippen molar-refractivity contribution in [3.05, 3.63) is 45.6 Å². The molecule has 2 rings (SSSR count). The Kier molecular flexibility index (Phi) is 11.4.